The number of aryl methyl sites for hydroxylation is 4. The molecule has 0 spiro atoms. The molecule has 0 saturated heterocycles. The zero-order chi connectivity index (χ0) is 57.8. The molecule has 0 saturated carbocycles. The van der Waals surface area contributed by atoms with Crippen LogP contribution in [-0.2, 0) is 16.2 Å². The van der Waals surface area contributed by atoms with Crippen LogP contribution in [0.2, 0.25) is 0 Å². The second-order valence-corrected chi connectivity index (χ2v) is 27.3. The molecule has 0 aliphatic heterocycles. The maximum Gasteiger partial charge on any atom is 0.530 e. The van der Waals surface area contributed by atoms with E-state index in [1.807, 2.05) is 24.3 Å². The Balaban J connectivity index is 1.23. The van der Waals surface area contributed by atoms with Gasteiger partial charge in [-0.1, -0.05) is 190 Å². The summed E-state index contributed by atoms with van der Waals surface area (Å²) >= 11 is 0. The van der Waals surface area contributed by atoms with E-state index in [-0.39, 0.29) is 5.41 Å². The minimum Gasteiger partial charge on any atom is -0.488 e. The zero-order valence-electron chi connectivity index (χ0n) is 49.9. The summed E-state index contributed by atoms with van der Waals surface area (Å²) in [6.45, 7) is 34.6. The van der Waals surface area contributed by atoms with Gasteiger partial charge in [0.25, 0.3) is 0 Å². The molecule has 7 nitrogen and oxygen atoms in total. The van der Waals surface area contributed by atoms with Gasteiger partial charge in [0.1, 0.15) is 45.8 Å². The predicted molar refractivity (Wildman–Crippen MR) is 341 cm³/mol. The molecule has 10 rings (SSSR count). The van der Waals surface area contributed by atoms with Gasteiger partial charge in [-0.25, -0.2) is 0 Å². The van der Waals surface area contributed by atoms with Crippen molar-refractivity contribution >= 4 is 60.3 Å². The molecule has 10 aromatic carbocycles. The Morgan fingerprint density at radius 1 is 0.309 bits per heavy atom. The molecule has 9 heteroatoms. The Morgan fingerprint density at radius 2 is 0.617 bits per heavy atom. The first-order valence-electron chi connectivity index (χ1n) is 28.0. The van der Waals surface area contributed by atoms with Crippen LogP contribution >= 0.6 is 17.2 Å². The van der Waals surface area contributed by atoms with E-state index in [0.29, 0.717) is 40.2 Å². The Hall–Kier alpha value is -7.30. The summed E-state index contributed by atoms with van der Waals surface area (Å²) in [6, 6.07) is 58.6. The summed E-state index contributed by atoms with van der Waals surface area (Å²) in [4.78, 5) is 0. The van der Waals surface area contributed by atoms with E-state index in [1.54, 1.807) is 0 Å². The van der Waals surface area contributed by atoms with Gasteiger partial charge in [0.15, 0.2) is 0 Å². The third-order valence-electron chi connectivity index (χ3n) is 15.0. The maximum atomic E-state index is 7.66. The van der Waals surface area contributed by atoms with Gasteiger partial charge >= 0.3 is 17.2 Å². The van der Waals surface area contributed by atoms with E-state index in [1.165, 1.54) is 0 Å². The number of benzene rings is 10. The average molecular weight is 1120 g/mol. The SMILES string of the molecule is Cc1c(OP(Oc2ccc3ccccc3c2C)Oc2c(-c3cc(C(C)(C)C)cc(C(C)(C)C)c3OP(Oc3ccc4ccccc4c3C)Oc3ccc4ccccc4c3C)cc(OC(C)(C)C)cc2C(C)(C)C)ccc2ccccc12. The van der Waals surface area contributed by atoms with Gasteiger partial charge in [0.2, 0.25) is 0 Å². The minimum absolute atomic E-state index is 0.303. The van der Waals surface area contributed by atoms with Crippen LogP contribution in [0.4, 0.5) is 0 Å². The fourth-order valence-corrected chi connectivity index (χ4v) is 12.7. The third-order valence-corrected chi connectivity index (χ3v) is 17.0. The van der Waals surface area contributed by atoms with Gasteiger partial charge in [-0.3, -0.25) is 0 Å². The molecule has 0 bridgehead atoms. The molecule has 0 radical (unpaired) electrons. The van der Waals surface area contributed by atoms with Crippen LogP contribution < -0.4 is 31.9 Å². The Morgan fingerprint density at radius 3 is 0.926 bits per heavy atom. The van der Waals surface area contributed by atoms with Crippen molar-refractivity contribution in [1.29, 1.82) is 0 Å². The highest BCUT2D eigenvalue weighted by molar-refractivity contribution is 7.43. The highest BCUT2D eigenvalue weighted by atomic mass is 31.2. The van der Waals surface area contributed by atoms with Gasteiger partial charge < -0.3 is 31.9 Å². The van der Waals surface area contributed by atoms with Crippen molar-refractivity contribution in [3.05, 3.63) is 209 Å². The van der Waals surface area contributed by atoms with E-state index < -0.39 is 33.6 Å². The first kappa shape index (κ1) is 57.0. The van der Waals surface area contributed by atoms with Crippen LogP contribution in [0.3, 0.4) is 0 Å². The van der Waals surface area contributed by atoms with Gasteiger partial charge in [-0.05, 0) is 178 Å². The molecule has 0 amide bonds. The van der Waals surface area contributed by atoms with Crippen molar-refractivity contribution in [2.24, 2.45) is 0 Å². The molecular formula is C72H76O7P2. The molecule has 0 heterocycles. The number of fused-ring (bicyclic) bond motifs is 4. The van der Waals surface area contributed by atoms with Crippen LogP contribution in [0.25, 0.3) is 54.2 Å². The normalized spacial score (nSPS) is 12.4. The fraction of sp³-hybridized carbons (Fsp3) is 0.278. The standard InChI is InChI=1S/C72H76O7P2/c1-45-55-29-21-17-25-49(55)33-37-63(45)74-80(75-64-38-34-50-26-18-22-30-56(50)46(64)2)78-67-59(41-53(69(5,6)7)42-61(67)70(8,9)10)60-43-54(73-72(14,15)16)44-62(71(11,12)13)68(60)79-81(76-65-39-35-51-27-19-23-31-57(51)47(65)3)77-66-40-36-52-28-20-24-32-58(52)48(66)4/h17-44H,1-16H3. The van der Waals surface area contributed by atoms with E-state index in [2.05, 4.69) is 256 Å². The number of hydrogen-bond donors (Lipinski definition) is 0. The fourth-order valence-electron chi connectivity index (χ4n) is 10.4. The highest BCUT2D eigenvalue weighted by Crippen LogP contribution is 2.57. The number of ether oxygens (including phenoxy) is 1. The van der Waals surface area contributed by atoms with E-state index in [0.717, 1.165) is 93.2 Å². The molecular weight excluding hydrogens is 1040 g/mol. The number of rotatable bonds is 14. The summed E-state index contributed by atoms with van der Waals surface area (Å²) in [7, 11) is -4.50. The first-order chi connectivity index (χ1) is 38.3. The van der Waals surface area contributed by atoms with Crippen molar-refractivity contribution in [3.63, 3.8) is 0 Å². The summed E-state index contributed by atoms with van der Waals surface area (Å²) < 4.78 is 51.0. The van der Waals surface area contributed by atoms with E-state index in [4.69, 9.17) is 31.9 Å². The lowest BCUT2D eigenvalue weighted by atomic mass is 9.77. The zero-order valence-corrected chi connectivity index (χ0v) is 51.7. The van der Waals surface area contributed by atoms with E-state index >= 15 is 0 Å². The molecule has 0 atom stereocenters. The second kappa shape index (κ2) is 22.2. The van der Waals surface area contributed by atoms with Crippen molar-refractivity contribution in [3.8, 4) is 51.4 Å². The number of hydrogen-bond acceptors (Lipinski definition) is 7. The van der Waals surface area contributed by atoms with Gasteiger partial charge in [-0.15, -0.1) is 0 Å². The van der Waals surface area contributed by atoms with Gasteiger partial charge in [-0.2, -0.15) is 0 Å². The lowest BCUT2D eigenvalue weighted by molar-refractivity contribution is 0.130. The van der Waals surface area contributed by atoms with Gasteiger partial charge in [0.05, 0.1) is 0 Å². The molecule has 81 heavy (non-hydrogen) atoms. The Bertz CT molecular complexity index is 3810. The largest absolute Gasteiger partial charge is 0.530 e. The monoisotopic (exact) mass is 1110 g/mol. The summed E-state index contributed by atoms with van der Waals surface area (Å²) in [5.74, 6) is 4.49. The lowest BCUT2D eigenvalue weighted by Crippen LogP contribution is -2.24. The molecule has 0 aliphatic rings. The van der Waals surface area contributed by atoms with Crippen LogP contribution in [0.1, 0.15) is 122 Å². The van der Waals surface area contributed by atoms with Crippen LogP contribution in [0, 0.1) is 27.7 Å². The van der Waals surface area contributed by atoms with Crippen LogP contribution in [-0.4, -0.2) is 5.60 Å². The molecule has 416 valence electrons. The predicted octanol–water partition coefficient (Wildman–Crippen LogP) is 21.8. The molecule has 0 aromatic heterocycles. The minimum atomic E-state index is -2.26. The quantitative estimate of drug-likeness (QED) is 0.101. The maximum absolute atomic E-state index is 7.66. The van der Waals surface area contributed by atoms with Crippen molar-refractivity contribution in [2.75, 3.05) is 0 Å². The third kappa shape index (κ3) is 12.3. The second-order valence-electron chi connectivity index (χ2n) is 25.3. The van der Waals surface area contributed by atoms with E-state index in [9.17, 15) is 0 Å². The van der Waals surface area contributed by atoms with Gasteiger partial charge in [0, 0.05) is 22.3 Å². The summed E-state index contributed by atoms with van der Waals surface area (Å²) in [5, 5.41) is 8.81. The average Bonchev–Trinajstić information content (AvgIpc) is 3.43. The van der Waals surface area contributed by atoms with Crippen LogP contribution in [0.15, 0.2) is 170 Å². The Labute approximate surface area is 482 Å². The lowest BCUT2D eigenvalue weighted by Gasteiger charge is -2.33. The van der Waals surface area contributed by atoms with Crippen LogP contribution in [0.5, 0.6) is 40.2 Å². The first-order valence-corrected chi connectivity index (χ1v) is 30.2. The van der Waals surface area contributed by atoms with Crippen molar-refractivity contribution < 1.29 is 31.9 Å². The molecule has 0 fully saturated rings. The Kier molecular flexibility index (Phi) is 15.6. The molecule has 0 unspecified atom stereocenters. The highest BCUT2D eigenvalue weighted by Gasteiger charge is 2.36. The van der Waals surface area contributed by atoms with Crippen molar-refractivity contribution in [1.82, 2.24) is 0 Å². The molecule has 0 aliphatic carbocycles. The molecule has 10 aromatic rings. The smallest absolute Gasteiger partial charge is 0.488 e. The summed E-state index contributed by atoms with van der Waals surface area (Å²) in [6.07, 6.45) is 0. The summed E-state index contributed by atoms with van der Waals surface area (Å²) in [5.41, 5.74) is 6.58. The topological polar surface area (TPSA) is 64.6 Å². The molecule has 0 N–H and O–H groups in total. The van der Waals surface area contributed by atoms with Crippen molar-refractivity contribution in [2.45, 2.75) is 133 Å².